The van der Waals surface area contributed by atoms with Crippen molar-refractivity contribution >= 4 is 6.21 Å². The van der Waals surface area contributed by atoms with E-state index in [1.54, 1.807) is 12.4 Å². The van der Waals surface area contributed by atoms with Crippen molar-refractivity contribution in [1.82, 2.24) is 5.32 Å². The van der Waals surface area contributed by atoms with E-state index >= 15 is 0 Å². The molecule has 0 saturated carbocycles. The van der Waals surface area contributed by atoms with E-state index in [0.717, 1.165) is 0 Å². The number of aliphatic imine (C=N–C) groups is 1. The third-order valence-electron chi connectivity index (χ3n) is 0.977. The third kappa shape index (κ3) is 8.95. The molecule has 0 atom stereocenters. The molecule has 0 aromatic heterocycles. The largest absolute Gasteiger partial charge is 0.381 e. The van der Waals surface area contributed by atoms with Crippen LogP contribution in [0.25, 0.3) is 0 Å². The van der Waals surface area contributed by atoms with Crippen LogP contribution < -0.4 is 5.32 Å². The van der Waals surface area contributed by atoms with Gasteiger partial charge in [-0.15, -0.1) is 0 Å². The number of rotatable bonds is 4. The number of nitrogens with one attached hydrogen (secondary N) is 1. The van der Waals surface area contributed by atoms with Gasteiger partial charge in [-0.05, 0) is 20.0 Å². The summed E-state index contributed by atoms with van der Waals surface area (Å²) < 4.78 is 0. The number of nitrogens with zero attached hydrogens (tertiary/aromatic N) is 1. The maximum absolute atomic E-state index is 3.89. The van der Waals surface area contributed by atoms with Gasteiger partial charge in [0, 0.05) is 12.4 Å². The topological polar surface area (TPSA) is 24.4 Å². The minimum Gasteiger partial charge on any atom is -0.381 e. The van der Waals surface area contributed by atoms with Crippen molar-refractivity contribution < 1.29 is 0 Å². The summed E-state index contributed by atoms with van der Waals surface area (Å²) >= 11 is 0. The van der Waals surface area contributed by atoms with Crippen molar-refractivity contribution in [3.8, 4) is 0 Å². The van der Waals surface area contributed by atoms with Gasteiger partial charge in [0.1, 0.15) is 0 Å². The van der Waals surface area contributed by atoms with Crippen LogP contribution >= 0.6 is 0 Å². The molecular weight excluding hydrogens is 148 g/mol. The number of hydrogen-bond donors (Lipinski definition) is 1. The molecule has 1 N–H and O–H groups in total. The van der Waals surface area contributed by atoms with E-state index in [9.17, 15) is 0 Å². The Kier molecular flexibility index (Phi) is 9.08. The van der Waals surface area contributed by atoms with Gasteiger partial charge in [0.15, 0.2) is 0 Å². The van der Waals surface area contributed by atoms with Crippen molar-refractivity contribution in [2.45, 2.75) is 33.2 Å². The Morgan fingerprint density at radius 1 is 1.25 bits per heavy atom. The zero-order chi connectivity index (χ0) is 10.0. The molecule has 0 bridgehead atoms. The molecule has 0 aromatic rings. The van der Waals surface area contributed by atoms with E-state index in [-0.39, 0.29) is 5.54 Å². The summed E-state index contributed by atoms with van der Waals surface area (Å²) in [4.78, 5) is 3.89. The first kappa shape index (κ1) is 13.5. The summed E-state index contributed by atoms with van der Waals surface area (Å²) in [7, 11) is 0. The van der Waals surface area contributed by atoms with Crippen LogP contribution in [0.5, 0.6) is 0 Å². The van der Waals surface area contributed by atoms with Crippen LogP contribution in [0.15, 0.2) is 30.6 Å². The second-order valence-corrected chi connectivity index (χ2v) is 2.53. The highest BCUT2D eigenvalue weighted by atomic mass is 14.9. The third-order valence-corrected chi connectivity index (χ3v) is 0.977. The van der Waals surface area contributed by atoms with Gasteiger partial charge in [0.25, 0.3) is 0 Å². The van der Waals surface area contributed by atoms with Gasteiger partial charge in [-0.25, -0.2) is 0 Å². The molecule has 0 amide bonds. The summed E-state index contributed by atoms with van der Waals surface area (Å²) in [6, 6.07) is 0. The predicted molar refractivity (Wildman–Crippen MR) is 57.4 cm³/mol. The Balaban J connectivity index is 0. The normalized spacial score (nSPS) is 10.0. The van der Waals surface area contributed by atoms with Gasteiger partial charge in [0.2, 0.25) is 0 Å². The predicted octanol–water partition coefficient (Wildman–Crippen LogP) is 2.74. The molecule has 0 aromatic carbocycles. The van der Waals surface area contributed by atoms with Gasteiger partial charge in [-0.3, -0.25) is 4.99 Å². The Hall–Kier alpha value is -1.05. The van der Waals surface area contributed by atoms with E-state index in [2.05, 4.69) is 23.5 Å². The summed E-state index contributed by atoms with van der Waals surface area (Å²) in [6.07, 6.45) is 4.93. The van der Waals surface area contributed by atoms with Crippen LogP contribution in [0.4, 0.5) is 0 Å². The van der Waals surface area contributed by atoms with Gasteiger partial charge >= 0.3 is 0 Å². The van der Waals surface area contributed by atoms with Crippen LogP contribution in [0.2, 0.25) is 0 Å². The lowest BCUT2D eigenvalue weighted by atomic mass is 10.1. The van der Waals surface area contributed by atoms with Gasteiger partial charge in [-0.2, -0.15) is 0 Å². The molecule has 2 heteroatoms. The maximum atomic E-state index is 3.89. The highest BCUT2D eigenvalue weighted by Crippen LogP contribution is 1.96. The quantitative estimate of drug-likeness (QED) is 0.641. The lowest BCUT2D eigenvalue weighted by molar-refractivity contribution is 0.604. The van der Waals surface area contributed by atoms with Crippen LogP contribution in [0, 0.1) is 0 Å². The van der Waals surface area contributed by atoms with E-state index in [1.165, 1.54) is 6.20 Å². The first-order valence-electron chi connectivity index (χ1n) is 4.16. The summed E-state index contributed by atoms with van der Waals surface area (Å²) in [5.74, 6) is 0. The molecule has 0 aliphatic carbocycles. The van der Waals surface area contributed by atoms with E-state index in [4.69, 9.17) is 0 Å². The van der Waals surface area contributed by atoms with E-state index in [1.807, 2.05) is 27.7 Å². The number of hydrogen-bond acceptors (Lipinski definition) is 2. The SMILES string of the molecule is C=CN=CC(C)(C)NC=C.CC. The molecule has 0 spiro atoms. The molecule has 0 rings (SSSR count). The monoisotopic (exact) mass is 168 g/mol. The highest BCUT2D eigenvalue weighted by Gasteiger charge is 2.09. The van der Waals surface area contributed by atoms with Crippen LogP contribution in [-0.4, -0.2) is 11.8 Å². The van der Waals surface area contributed by atoms with Crippen molar-refractivity contribution in [2.75, 3.05) is 0 Å². The first-order valence-corrected chi connectivity index (χ1v) is 4.16. The van der Waals surface area contributed by atoms with Crippen molar-refractivity contribution in [1.29, 1.82) is 0 Å². The zero-order valence-electron chi connectivity index (χ0n) is 8.59. The van der Waals surface area contributed by atoms with Gasteiger partial charge in [0.05, 0.1) is 5.54 Å². The molecule has 0 radical (unpaired) electrons. The Morgan fingerprint density at radius 3 is 2.08 bits per heavy atom. The zero-order valence-corrected chi connectivity index (χ0v) is 8.59. The van der Waals surface area contributed by atoms with Crippen LogP contribution in [0.3, 0.4) is 0 Å². The van der Waals surface area contributed by atoms with Crippen molar-refractivity contribution in [3.05, 3.63) is 25.6 Å². The van der Waals surface area contributed by atoms with Crippen molar-refractivity contribution in [3.63, 3.8) is 0 Å². The second-order valence-electron chi connectivity index (χ2n) is 2.53. The highest BCUT2D eigenvalue weighted by molar-refractivity contribution is 5.69. The summed E-state index contributed by atoms with van der Waals surface area (Å²) in [5, 5.41) is 3.02. The fourth-order valence-corrected chi connectivity index (χ4v) is 0.539. The summed E-state index contributed by atoms with van der Waals surface area (Å²) in [6.45, 7) is 15.0. The average Bonchev–Trinajstić information content (AvgIpc) is 2.05. The summed E-state index contributed by atoms with van der Waals surface area (Å²) in [5.41, 5.74) is -0.129. The molecule has 0 saturated heterocycles. The molecule has 0 aliphatic heterocycles. The van der Waals surface area contributed by atoms with Gasteiger partial charge < -0.3 is 5.32 Å². The lowest BCUT2D eigenvalue weighted by Gasteiger charge is -2.18. The fraction of sp³-hybridized carbons (Fsp3) is 0.500. The molecule has 12 heavy (non-hydrogen) atoms. The molecule has 0 heterocycles. The molecular formula is C10H20N2. The van der Waals surface area contributed by atoms with E-state index < -0.39 is 0 Å². The van der Waals surface area contributed by atoms with Crippen LogP contribution in [0.1, 0.15) is 27.7 Å². The Morgan fingerprint density at radius 2 is 1.75 bits per heavy atom. The lowest BCUT2D eigenvalue weighted by Crippen LogP contribution is -2.36. The minimum absolute atomic E-state index is 0.129. The minimum atomic E-state index is -0.129. The molecule has 0 aliphatic rings. The maximum Gasteiger partial charge on any atom is 0.0665 e. The standard InChI is InChI=1S/C8H14N2.C2H6/c1-5-9-7-8(3,4)10-6-2;1-2/h5-7,10H,1-2H2,3-4H3;1-2H3. The molecule has 0 unspecified atom stereocenters. The average molecular weight is 168 g/mol. The molecule has 0 fully saturated rings. The second kappa shape index (κ2) is 8.05. The Labute approximate surface area is 76.1 Å². The first-order chi connectivity index (χ1) is 5.62. The Bertz CT molecular complexity index is 146. The molecule has 2 nitrogen and oxygen atoms in total. The van der Waals surface area contributed by atoms with Crippen LogP contribution in [-0.2, 0) is 0 Å². The fourth-order valence-electron chi connectivity index (χ4n) is 0.539. The smallest absolute Gasteiger partial charge is 0.0665 e. The molecule has 70 valence electrons. The van der Waals surface area contributed by atoms with Gasteiger partial charge in [-0.1, -0.05) is 27.0 Å². The van der Waals surface area contributed by atoms with Crippen molar-refractivity contribution in [2.24, 2.45) is 4.99 Å². The van der Waals surface area contributed by atoms with E-state index in [0.29, 0.717) is 0 Å².